The van der Waals surface area contributed by atoms with Crippen LogP contribution in [0, 0.1) is 18.3 Å². The van der Waals surface area contributed by atoms with Crippen molar-refractivity contribution in [3.05, 3.63) is 34.9 Å². The minimum Gasteiger partial charge on any atom is -0.316 e. The lowest BCUT2D eigenvalue weighted by atomic mass is 9.57. The maximum atomic E-state index is 3.43. The van der Waals surface area contributed by atoms with E-state index in [1.807, 2.05) is 0 Å². The molecule has 0 radical (unpaired) electrons. The van der Waals surface area contributed by atoms with Gasteiger partial charge in [0.15, 0.2) is 0 Å². The van der Waals surface area contributed by atoms with Crippen LogP contribution in [0.5, 0.6) is 0 Å². The highest BCUT2D eigenvalue weighted by Crippen LogP contribution is 2.50. The van der Waals surface area contributed by atoms with E-state index in [0.29, 0.717) is 0 Å². The highest BCUT2D eigenvalue weighted by atomic mass is 15.0. The van der Waals surface area contributed by atoms with E-state index < -0.39 is 0 Å². The normalized spacial score (nSPS) is 25.8. The summed E-state index contributed by atoms with van der Waals surface area (Å²) in [5.41, 5.74) is 5.61. The van der Waals surface area contributed by atoms with E-state index in [-0.39, 0.29) is 0 Å². The zero-order valence-electron chi connectivity index (χ0n) is 11.3. The second-order valence-corrected chi connectivity index (χ2v) is 6.99. The van der Waals surface area contributed by atoms with Gasteiger partial charge in [0.25, 0.3) is 0 Å². The monoisotopic (exact) mass is 241 g/mol. The van der Waals surface area contributed by atoms with Crippen molar-refractivity contribution in [3.63, 3.8) is 0 Å². The van der Waals surface area contributed by atoms with Crippen molar-refractivity contribution in [1.29, 1.82) is 0 Å². The van der Waals surface area contributed by atoms with E-state index in [1.165, 1.54) is 45.2 Å². The molecule has 1 spiro atoms. The average Bonchev–Trinajstić information content (AvgIpc) is 3.06. The van der Waals surface area contributed by atoms with Crippen LogP contribution in [0.3, 0.4) is 0 Å². The van der Waals surface area contributed by atoms with Gasteiger partial charge in [-0.05, 0) is 73.0 Å². The molecule has 0 atom stereocenters. The lowest BCUT2D eigenvalue weighted by molar-refractivity contribution is 0.000826. The summed E-state index contributed by atoms with van der Waals surface area (Å²) in [6, 6.07) is 7.01. The second kappa shape index (κ2) is 3.84. The molecule has 1 aromatic rings. The molecule has 1 heterocycles. The molecule has 3 aliphatic rings. The van der Waals surface area contributed by atoms with Gasteiger partial charge in [-0.2, -0.15) is 0 Å². The number of hydrogen-bond donors (Lipinski definition) is 1. The smallest absolute Gasteiger partial charge is 0.00204 e. The van der Waals surface area contributed by atoms with Crippen LogP contribution in [0.15, 0.2) is 18.2 Å². The number of rotatable bonds is 3. The van der Waals surface area contributed by atoms with Crippen LogP contribution in [-0.2, 0) is 6.42 Å². The van der Waals surface area contributed by atoms with Crippen LogP contribution < -0.4 is 5.32 Å². The van der Waals surface area contributed by atoms with Gasteiger partial charge in [0.05, 0.1) is 0 Å². The molecule has 18 heavy (non-hydrogen) atoms. The van der Waals surface area contributed by atoms with Crippen molar-refractivity contribution in [1.82, 2.24) is 5.32 Å². The highest BCUT2D eigenvalue weighted by Gasteiger charge is 2.47. The van der Waals surface area contributed by atoms with Crippen molar-refractivity contribution >= 4 is 0 Å². The maximum Gasteiger partial charge on any atom is 0.00204 e. The Morgan fingerprint density at radius 2 is 2.00 bits per heavy atom. The van der Waals surface area contributed by atoms with Crippen molar-refractivity contribution in [2.45, 2.75) is 44.9 Å². The van der Waals surface area contributed by atoms with E-state index >= 15 is 0 Å². The molecule has 4 rings (SSSR count). The van der Waals surface area contributed by atoms with Gasteiger partial charge in [-0.3, -0.25) is 0 Å². The van der Waals surface area contributed by atoms with Gasteiger partial charge in [-0.1, -0.05) is 18.2 Å². The Hall–Kier alpha value is -0.820. The minimum atomic E-state index is 0.729. The third-order valence-corrected chi connectivity index (χ3v) is 5.46. The molecule has 1 aliphatic heterocycles. The predicted molar refractivity (Wildman–Crippen MR) is 74.9 cm³/mol. The van der Waals surface area contributed by atoms with Gasteiger partial charge in [0.2, 0.25) is 0 Å². The van der Waals surface area contributed by atoms with Gasteiger partial charge >= 0.3 is 0 Å². The third kappa shape index (κ3) is 1.72. The third-order valence-electron chi connectivity index (χ3n) is 5.46. The molecular weight excluding hydrogens is 218 g/mol. The molecule has 0 aromatic heterocycles. The van der Waals surface area contributed by atoms with Crippen LogP contribution in [0.1, 0.15) is 48.3 Å². The van der Waals surface area contributed by atoms with E-state index in [4.69, 9.17) is 0 Å². The standard InChI is InChI=1S/C17H23N/c1-12-15(3-2-4-16(12)14-5-6-14)7-13-8-17(9-13)10-18-11-17/h2-4,13-14,18H,5-11H2,1H3. The lowest BCUT2D eigenvalue weighted by Gasteiger charge is -2.54. The van der Waals surface area contributed by atoms with Gasteiger partial charge in [0.1, 0.15) is 0 Å². The van der Waals surface area contributed by atoms with Gasteiger partial charge < -0.3 is 5.32 Å². The van der Waals surface area contributed by atoms with E-state index in [0.717, 1.165) is 17.3 Å². The van der Waals surface area contributed by atoms with Crippen LogP contribution in [0.2, 0.25) is 0 Å². The molecule has 1 heteroatoms. The fourth-order valence-electron chi connectivity index (χ4n) is 4.15. The first-order chi connectivity index (χ1) is 8.76. The van der Waals surface area contributed by atoms with Crippen LogP contribution in [0.4, 0.5) is 0 Å². The van der Waals surface area contributed by atoms with E-state index in [2.05, 4.69) is 30.4 Å². The van der Waals surface area contributed by atoms with E-state index in [9.17, 15) is 0 Å². The Labute approximate surface area is 110 Å². The second-order valence-electron chi connectivity index (χ2n) is 6.99. The Morgan fingerprint density at radius 1 is 1.22 bits per heavy atom. The molecule has 2 aliphatic carbocycles. The predicted octanol–water partition coefficient (Wildman–Crippen LogP) is 3.41. The minimum absolute atomic E-state index is 0.729. The summed E-state index contributed by atoms with van der Waals surface area (Å²) in [5, 5.41) is 3.43. The average molecular weight is 241 g/mol. The van der Waals surface area contributed by atoms with Crippen molar-refractivity contribution in [3.8, 4) is 0 Å². The Bertz CT molecular complexity index is 460. The summed E-state index contributed by atoms with van der Waals surface area (Å²) in [7, 11) is 0. The molecule has 1 saturated heterocycles. The van der Waals surface area contributed by atoms with Crippen molar-refractivity contribution in [2.24, 2.45) is 11.3 Å². The molecule has 3 fully saturated rings. The lowest BCUT2D eigenvalue weighted by Crippen LogP contribution is -2.60. The number of hydrogen-bond acceptors (Lipinski definition) is 1. The topological polar surface area (TPSA) is 12.0 Å². The maximum absolute atomic E-state index is 3.43. The molecular formula is C17H23N. The van der Waals surface area contributed by atoms with Gasteiger partial charge in [-0.15, -0.1) is 0 Å². The first-order valence-corrected chi connectivity index (χ1v) is 7.55. The molecule has 1 N–H and O–H groups in total. The molecule has 0 unspecified atom stereocenters. The number of benzene rings is 1. The summed E-state index contributed by atoms with van der Waals surface area (Å²) < 4.78 is 0. The first kappa shape index (κ1) is 11.0. The van der Waals surface area contributed by atoms with E-state index in [1.54, 1.807) is 16.7 Å². The zero-order chi connectivity index (χ0) is 12.2. The first-order valence-electron chi connectivity index (χ1n) is 7.55. The summed E-state index contributed by atoms with van der Waals surface area (Å²) in [5.74, 6) is 1.86. The van der Waals surface area contributed by atoms with Crippen LogP contribution in [-0.4, -0.2) is 13.1 Å². The largest absolute Gasteiger partial charge is 0.316 e. The molecule has 96 valence electrons. The Kier molecular flexibility index (Phi) is 2.35. The van der Waals surface area contributed by atoms with Crippen LogP contribution in [0.25, 0.3) is 0 Å². The van der Waals surface area contributed by atoms with Gasteiger partial charge in [0, 0.05) is 13.1 Å². The van der Waals surface area contributed by atoms with Crippen LogP contribution >= 0.6 is 0 Å². The number of nitrogens with one attached hydrogen (secondary N) is 1. The highest BCUT2D eigenvalue weighted by molar-refractivity contribution is 5.39. The summed E-state index contributed by atoms with van der Waals surface area (Å²) >= 11 is 0. The molecule has 0 amide bonds. The van der Waals surface area contributed by atoms with Crippen molar-refractivity contribution < 1.29 is 0 Å². The van der Waals surface area contributed by atoms with Crippen molar-refractivity contribution in [2.75, 3.05) is 13.1 Å². The van der Waals surface area contributed by atoms with Gasteiger partial charge in [-0.25, -0.2) is 0 Å². The summed E-state index contributed by atoms with van der Waals surface area (Å²) in [4.78, 5) is 0. The zero-order valence-corrected chi connectivity index (χ0v) is 11.3. The SMILES string of the molecule is Cc1c(CC2CC3(CNC3)C2)cccc1C1CC1. The fraction of sp³-hybridized carbons (Fsp3) is 0.647. The molecule has 1 nitrogen and oxygen atoms in total. The Balaban J connectivity index is 1.46. The molecule has 2 saturated carbocycles. The quantitative estimate of drug-likeness (QED) is 0.855. The Morgan fingerprint density at radius 3 is 2.61 bits per heavy atom. The fourth-order valence-corrected chi connectivity index (χ4v) is 4.15. The summed E-state index contributed by atoms with van der Waals surface area (Å²) in [6.07, 6.45) is 7.10. The molecule has 0 bridgehead atoms. The summed E-state index contributed by atoms with van der Waals surface area (Å²) in [6.45, 7) is 4.91. The molecule has 1 aromatic carbocycles.